The highest BCUT2D eigenvalue weighted by molar-refractivity contribution is 5.84. The van der Waals surface area contributed by atoms with Gasteiger partial charge in [-0.25, -0.2) is 0 Å². The Morgan fingerprint density at radius 2 is 2.23 bits per heavy atom. The number of carbonyl (C=O) groups is 1. The Morgan fingerprint density at radius 1 is 1.54 bits per heavy atom. The summed E-state index contributed by atoms with van der Waals surface area (Å²) >= 11 is 0. The Morgan fingerprint density at radius 3 is 2.69 bits per heavy atom. The Labute approximate surface area is 79.4 Å². The van der Waals surface area contributed by atoms with Crippen LogP contribution in [0.1, 0.15) is 26.2 Å². The van der Waals surface area contributed by atoms with Crippen LogP contribution in [0.15, 0.2) is 0 Å². The van der Waals surface area contributed by atoms with Crippen molar-refractivity contribution in [3.8, 4) is 0 Å². The predicted octanol–water partition coefficient (Wildman–Crippen LogP) is 1.41. The third kappa shape index (κ3) is 3.44. The predicted molar refractivity (Wildman–Crippen MR) is 49.6 cm³/mol. The van der Waals surface area contributed by atoms with E-state index in [0.29, 0.717) is 12.5 Å². The normalized spacial score (nSPS) is 18.6. The van der Waals surface area contributed by atoms with E-state index in [-0.39, 0.29) is 18.5 Å². The molecule has 0 aromatic rings. The minimum Gasteiger partial charge on any atom is -0.374 e. The second kappa shape index (κ2) is 5.35. The lowest BCUT2D eigenvalue weighted by Crippen LogP contribution is -2.29. The highest BCUT2D eigenvalue weighted by atomic mass is 16.5. The second-order valence-corrected chi connectivity index (χ2v) is 3.51. The van der Waals surface area contributed by atoms with Crippen LogP contribution in [0.5, 0.6) is 0 Å². The van der Waals surface area contributed by atoms with Crippen molar-refractivity contribution in [3.05, 3.63) is 0 Å². The molecule has 13 heavy (non-hydrogen) atoms. The molecule has 0 N–H and O–H groups in total. The fourth-order valence-corrected chi connectivity index (χ4v) is 1.38. The third-order valence-corrected chi connectivity index (χ3v) is 2.21. The molecule has 0 heterocycles. The number of ether oxygens (including phenoxy) is 2. The smallest absolute Gasteiger partial charge is 0.187 e. The fraction of sp³-hybridized carbons (Fsp3) is 0.900. The van der Waals surface area contributed by atoms with Crippen LogP contribution in [0.3, 0.4) is 0 Å². The number of carbonyl (C=O) groups excluding carboxylic acids is 1. The molecule has 0 aliphatic heterocycles. The van der Waals surface area contributed by atoms with Crippen molar-refractivity contribution in [1.29, 1.82) is 0 Å². The zero-order chi connectivity index (χ0) is 9.68. The molecule has 1 atom stereocenters. The summed E-state index contributed by atoms with van der Waals surface area (Å²) in [5.74, 6) is 0.557. The summed E-state index contributed by atoms with van der Waals surface area (Å²) in [5, 5.41) is 0. The van der Waals surface area contributed by atoms with Gasteiger partial charge in [-0.05, 0) is 25.2 Å². The summed E-state index contributed by atoms with van der Waals surface area (Å²) in [4.78, 5) is 11.5. The quantitative estimate of drug-likeness (QED) is 0.564. The first-order chi connectivity index (χ1) is 6.29. The first kappa shape index (κ1) is 10.7. The molecule has 1 aliphatic carbocycles. The third-order valence-electron chi connectivity index (χ3n) is 2.21. The van der Waals surface area contributed by atoms with E-state index in [1.54, 1.807) is 7.11 Å². The van der Waals surface area contributed by atoms with Crippen LogP contribution in [-0.4, -0.2) is 32.2 Å². The Hall–Kier alpha value is -0.410. The van der Waals surface area contributed by atoms with E-state index in [0.717, 1.165) is 19.3 Å². The van der Waals surface area contributed by atoms with Crippen molar-refractivity contribution < 1.29 is 14.3 Å². The lowest BCUT2D eigenvalue weighted by molar-refractivity contribution is -0.134. The monoisotopic (exact) mass is 186 g/mol. The summed E-state index contributed by atoms with van der Waals surface area (Å²) in [6.45, 7) is 2.90. The molecule has 1 aliphatic rings. The number of hydrogen-bond donors (Lipinski definition) is 0. The van der Waals surface area contributed by atoms with Crippen LogP contribution in [0.4, 0.5) is 0 Å². The largest absolute Gasteiger partial charge is 0.374 e. The zero-order valence-electron chi connectivity index (χ0n) is 8.41. The van der Waals surface area contributed by atoms with Gasteiger partial charge in [0.2, 0.25) is 0 Å². The standard InChI is InChI=1S/C10H18O3/c1-3-6-13-7-9(11)10(12-2)8-4-5-8/h8,10H,3-7H2,1-2H3. The minimum atomic E-state index is -0.211. The van der Waals surface area contributed by atoms with Gasteiger partial charge < -0.3 is 9.47 Å². The Kier molecular flexibility index (Phi) is 4.39. The molecular formula is C10H18O3. The van der Waals surface area contributed by atoms with E-state index >= 15 is 0 Å². The Balaban J connectivity index is 2.19. The molecule has 0 amide bonds. The van der Waals surface area contributed by atoms with Crippen molar-refractivity contribution in [3.63, 3.8) is 0 Å². The fourth-order valence-electron chi connectivity index (χ4n) is 1.38. The van der Waals surface area contributed by atoms with E-state index in [1.807, 2.05) is 6.92 Å². The Bertz CT molecular complexity index is 164. The summed E-state index contributed by atoms with van der Waals surface area (Å²) in [6.07, 6.45) is 2.99. The lowest BCUT2D eigenvalue weighted by atomic mass is 10.1. The van der Waals surface area contributed by atoms with Crippen LogP contribution >= 0.6 is 0 Å². The van der Waals surface area contributed by atoms with Gasteiger partial charge >= 0.3 is 0 Å². The molecule has 76 valence electrons. The number of hydrogen-bond acceptors (Lipinski definition) is 3. The van der Waals surface area contributed by atoms with Gasteiger partial charge in [0.1, 0.15) is 12.7 Å². The molecule has 1 saturated carbocycles. The summed E-state index contributed by atoms with van der Waals surface area (Å²) in [7, 11) is 1.60. The maximum atomic E-state index is 11.5. The van der Waals surface area contributed by atoms with Gasteiger partial charge in [0.15, 0.2) is 5.78 Å². The van der Waals surface area contributed by atoms with Crippen LogP contribution in [0.2, 0.25) is 0 Å². The van der Waals surface area contributed by atoms with Crippen molar-refractivity contribution in [1.82, 2.24) is 0 Å². The molecule has 1 rings (SSSR count). The molecule has 0 bridgehead atoms. The first-order valence-electron chi connectivity index (χ1n) is 4.92. The van der Waals surface area contributed by atoms with Crippen molar-refractivity contribution in [2.24, 2.45) is 5.92 Å². The molecule has 0 spiro atoms. The summed E-state index contributed by atoms with van der Waals surface area (Å²) in [5.41, 5.74) is 0. The molecule has 0 saturated heterocycles. The highest BCUT2D eigenvalue weighted by Crippen LogP contribution is 2.34. The van der Waals surface area contributed by atoms with Crippen molar-refractivity contribution in [2.45, 2.75) is 32.3 Å². The molecule has 3 nitrogen and oxygen atoms in total. The average molecular weight is 186 g/mol. The molecule has 1 unspecified atom stereocenters. The van der Waals surface area contributed by atoms with Gasteiger partial charge in [-0.3, -0.25) is 4.79 Å². The molecule has 3 heteroatoms. The number of Topliss-reactive ketones (excluding diaryl/α,β-unsaturated/α-hetero) is 1. The van der Waals surface area contributed by atoms with E-state index in [1.165, 1.54) is 0 Å². The highest BCUT2D eigenvalue weighted by Gasteiger charge is 2.35. The van der Waals surface area contributed by atoms with Gasteiger partial charge in [-0.1, -0.05) is 6.92 Å². The van der Waals surface area contributed by atoms with Crippen molar-refractivity contribution in [2.75, 3.05) is 20.3 Å². The van der Waals surface area contributed by atoms with E-state index in [4.69, 9.17) is 9.47 Å². The number of ketones is 1. The molecule has 0 radical (unpaired) electrons. The maximum Gasteiger partial charge on any atom is 0.187 e. The molecule has 0 aromatic heterocycles. The van der Waals surface area contributed by atoms with Crippen LogP contribution < -0.4 is 0 Å². The maximum absolute atomic E-state index is 11.5. The summed E-state index contributed by atoms with van der Waals surface area (Å²) < 4.78 is 10.3. The number of methoxy groups -OCH3 is 1. The molecule has 0 aromatic carbocycles. The molecule has 1 fully saturated rings. The molecular weight excluding hydrogens is 168 g/mol. The van der Waals surface area contributed by atoms with E-state index < -0.39 is 0 Å². The van der Waals surface area contributed by atoms with E-state index in [9.17, 15) is 4.79 Å². The second-order valence-electron chi connectivity index (χ2n) is 3.51. The summed E-state index contributed by atoms with van der Waals surface area (Å²) in [6, 6.07) is 0. The lowest BCUT2D eigenvalue weighted by Gasteiger charge is -2.12. The minimum absolute atomic E-state index is 0.0958. The van der Waals surface area contributed by atoms with Gasteiger partial charge in [-0.2, -0.15) is 0 Å². The van der Waals surface area contributed by atoms with Crippen LogP contribution in [0, 0.1) is 5.92 Å². The van der Waals surface area contributed by atoms with Gasteiger partial charge in [-0.15, -0.1) is 0 Å². The van der Waals surface area contributed by atoms with Crippen LogP contribution in [-0.2, 0) is 14.3 Å². The van der Waals surface area contributed by atoms with Gasteiger partial charge in [0.25, 0.3) is 0 Å². The van der Waals surface area contributed by atoms with Gasteiger partial charge in [0.05, 0.1) is 0 Å². The SMILES string of the molecule is CCCOCC(=O)C(OC)C1CC1. The van der Waals surface area contributed by atoms with Crippen molar-refractivity contribution >= 4 is 5.78 Å². The van der Waals surface area contributed by atoms with Gasteiger partial charge in [0, 0.05) is 13.7 Å². The topological polar surface area (TPSA) is 35.5 Å². The zero-order valence-corrected chi connectivity index (χ0v) is 8.41. The number of rotatable bonds is 7. The average Bonchev–Trinajstić information content (AvgIpc) is 2.90. The first-order valence-corrected chi connectivity index (χ1v) is 4.92. The van der Waals surface area contributed by atoms with E-state index in [2.05, 4.69) is 0 Å². The van der Waals surface area contributed by atoms with Crippen LogP contribution in [0.25, 0.3) is 0 Å².